The Bertz CT molecular complexity index is 402. The first-order chi connectivity index (χ1) is 8.69. The molecule has 0 amide bonds. The van der Waals surface area contributed by atoms with Crippen LogP contribution in [0.1, 0.15) is 12.5 Å². The molecule has 1 aliphatic heterocycles. The quantitative estimate of drug-likeness (QED) is 0.842. The maximum absolute atomic E-state index is 5.78. The van der Waals surface area contributed by atoms with Crippen LogP contribution in [-0.4, -0.2) is 53.8 Å². The van der Waals surface area contributed by atoms with Gasteiger partial charge in [-0.15, -0.1) is 0 Å². The molecule has 1 saturated heterocycles. The Morgan fingerprint density at radius 2 is 2.44 bits per heavy atom. The summed E-state index contributed by atoms with van der Waals surface area (Å²) in [6.07, 6.45) is 1.92. The Morgan fingerprint density at radius 1 is 1.61 bits per heavy atom. The van der Waals surface area contributed by atoms with E-state index < -0.39 is 0 Å². The SMILES string of the molecule is CCN1CCOC(CNc2nc(Cl)ncc2C)C1. The Labute approximate surface area is 113 Å². The van der Waals surface area contributed by atoms with Gasteiger partial charge in [-0.05, 0) is 25.1 Å². The van der Waals surface area contributed by atoms with Gasteiger partial charge in [0.1, 0.15) is 5.82 Å². The summed E-state index contributed by atoms with van der Waals surface area (Å²) in [4.78, 5) is 10.5. The molecule has 1 aromatic rings. The van der Waals surface area contributed by atoms with Crippen LogP contribution in [0, 0.1) is 6.92 Å². The second-order valence-corrected chi connectivity index (χ2v) is 4.78. The maximum atomic E-state index is 5.78. The topological polar surface area (TPSA) is 50.3 Å². The number of nitrogens with one attached hydrogen (secondary N) is 1. The average molecular weight is 271 g/mol. The van der Waals surface area contributed by atoms with Crippen molar-refractivity contribution in [1.29, 1.82) is 0 Å². The molecule has 18 heavy (non-hydrogen) atoms. The zero-order chi connectivity index (χ0) is 13.0. The molecule has 1 N–H and O–H groups in total. The van der Waals surface area contributed by atoms with E-state index in [0.717, 1.165) is 44.2 Å². The summed E-state index contributed by atoms with van der Waals surface area (Å²) in [7, 11) is 0. The van der Waals surface area contributed by atoms with Crippen LogP contribution in [0.4, 0.5) is 5.82 Å². The summed E-state index contributed by atoms with van der Waals surface area (Å²) >= 11 is 5.78. The third kappa shape index (κ3) is 3.54. The van der Waals surface area contributed by atoms with Gasteiger partial charge in [-0.25, -0.2) is 9.97 Å². The van der Waals surface area contributed by atoms with E-state index in [1.54, 1.807) is 6.20 Å². The molecule has 5 nitrogen and oxygen atoms in total. The number of anilines is 1. The molecule has 1 atom stereocenters. The van der Waals surface area contributed by atoms with Crippen LogP contribution in [-0.2, 0) is 4.74 Å². The van der Waals surface area contributed by atoms with Crippen molar-refractivity contribution in [3.05, 3.63) is 17.0 Å². The van der Waals surface area contributed by atoms with Gasteiger partial charge < -0.3 is 10.1 Å². The standard InChI is InChI=1S/C12H19ClN4O/c1-3-17-4-5-18-10(8-17)7-14-11-9(2)6-15-12(13)16-11/h6,10H,3-5,7-8H2,1-2H3,(H,14,15,16). The number of rotatable bonds is 4. The molecule has 2 rings (SSSR count). The zero-order valence-electron chi connectivity index (χ0n) is 10.8. The lowest BCUT2D eigenvalue weighted by Gasteiger charge is -2.32. The lowest BCUT2D eigenvalue weighted by Crippen LogP contribution is -2.45. The first kappa shape index (κ1) is 13.5. The highest BCUT2D eigenvalue weighted by Gasteiger charge is 2.19. The van der Waals surface area contributed by atoms with E-state index in [0.29, 0.717) is 0 Å². The average Bonchev–Trinajstić information content (AvgIpc) is 2.40. The molecule has 0 bridgehead atoms. The van der Waals surface area contributed by atoms with Crippen LogP contribution in [0.15, 0.2) is 6.20 Å². The first-order valence-corrected chi connectivity index (χ1v) is 6.63. The van der Waals surface area contributed by atoms with Crippen molar-refractivity contribution >= 4 is 17.4 Å². The molecule has 0 aliphatic carbocycles. The van der Waals surface area contributed by atoms with Crippen molar-refractivity contribution < 1.29 is 4.74 Å². The van der Waals surface area contributed by atoms with Gasteiger partial charge in [-0.3, -0.25) is 4.90 Å². The van der Waals surface area contributed by atoms with Crippen molar-refractivity contribution in [2.24, 2.45) is 0 Å². The molecule has 0 radical (unpaired) electrons. The summed E-state index contributed by atoms with van der Waals surface area (Å²) in [6, 6.07) is 0. The number of hydrogen-bond donors (Lipinski definition) is 1. The smallest absolute Gasteiger partial charge is 0.224 e. The van der Waals surface area contributed by atoms with Crippen LogP contribution in [0.2, 0.25) is 5.28 Å². The zero-order valence-corrected chi connectivity index (χ0v) is 11.6. The van der Waals surface area contributed by atoms with Gasteiger partial charge in [-0.1, -0.05) is 6.92 Å². The monoisotopic (exact) mass is 270 g/mol. The minimum atomic E-state index is 0.201. The molecule has 1 fully saturated rings. The van der Waals surface area contributed by atoms with E-state index in [-0.39, 0.29) is 11.4 Å². The molecular weight excluding hydrogens is 252 g/mol. The number of aryl methyl sites for hydroxylation is 1. The number of ether oxygens (including phenoxy) is 1. The fraction of sp³-hybridized carbons (Fsp3) is 0.667. The van der Waals surface area contributed by atoms with Crippen LogP contribution in [0.25, 0.3) is 0 Å². The highest BCUT2D eigenvalue weighted by atomic mass is 35.5. The van der Waals surface area contributed by atoms with Gasteiger partial charge in [0, 0.05) is 31.4 Å². The minimum Gasteiger partial charge on any atom is -0.374 e. The highest BCUT2D eigenvalue weighted by molar-refractivity contribution is 6.28. The Hall–Kier alpha value is -0.910. The molecule has 0 spiro atoms. The van der Waals surface area contributed by atoms with Gasteiger partial charge in [0.05, 0.1) is 12.7 Å². The van der Waals surface area contributed by atoms with Gasteiger partial charge in [0.2, 0.25) is 5.28 Å². The lowest BCUT2D eigenvalue weighted by molar-refractivity contribution is -0.0192. The fourth-order valence-electron chi connectivity index (χ4n) is 2.00. The molecule has 1 aromatic heterocycles. The normalized spacial score (nSPS) is 20.9. The molecule has 100 valence electrons. The number of morpholine rings is 1. The third-order valence-electron chi connectivity index (χ3n) is 3.11. The lowest BCUT2D eigenvalue weighted by atomic mass is 10.2. The van der Waals surface area contributed by atoms with Crippen molar-refractivity contribution in [3.63, 3.8) is 0 Å². The molecule has 6 heteroatoms. The molecule has 2 heterocycles. The predicted molar refractivity (Wildman–Crippen MR) is 72.1 cm³/mol. The molecule has 1 unspecified atom stereocenters. The first-order valence-electron chi connectivity index (χ1n) is 6.26. The Balaban J connectivity index is 1.89. The van der Waals surface area contributed by atoms with E-state index in [1.807, 2.05) is 6.92 Å². The molecule has 0 saturated carbocycles. The number of likely N-dealkylation sites (N-methyl/N-ethyl adjacent to an activating group) is 1. The van der Waals surface area contributed by atoms with Crippen LogP contribution in [0.5, 0.6) is 0 Å². The second kappa shape index (κ2) is 6.31. The van der Waals surface area contributed by atoms with Gasteiger partial charge in [0.25, 0.3) is 0 Å². The van der Waals surface area contributed by atoms with E-state index in [1.165, 1.54) is 0 Å². The van der Waals surface area contributed by atoms with E-state index in [9.17, 15) is 0 Å². The van der Waals surface area contributed by atoms with E-state index in [4.69, 9.17) is 16.3 Å². The number of aromatic nitrogens is 2. The van der Waals surface area contributed by atoms with Crippen LogP contribution >= 0.6 is 11.6 Å². The third-order valence-corrected chi connectivity index (χ3v) is 3.29. The summed E-state index contributed by atoms with van der Waals surface area (Å²) in [5, 5.41) is 3.55. The Morgan fingerprint density at radius 3 is 3.22 bits per heavy atom. The minimum absolute atomic E-state index is 0.201. The molecule has 0 aromatic carbocycles. The maximum Gasteiger partial charge on any atom is 0.224 e. The van der Waals surface area contributed by atoms with Gasteiger partial charge >= 0.3 is 0 Å². The summed E-state index contributed by atoms with van der Waals surface area (Å²) < 4.78 is 5.72. The summed E-state index contributed by atoms with van der Waals surface area (Å²) in [5.41, 5.74) is 0.988. The van der Waals surface area contributed by atoms with Crippen molar-refractivity contribution in [2.45, 2.75) is 20.0 Å². The second-order valence-electron chi connectivity index (χ2n) is 4.44. The molecule has 1 aliphatic rings. The number of halogens is 1. The highest BCUT2D eigenvalue weighted by Crippen LogP contribution is 2.13. The summed E-state index contributed by atoms with van der Waals surface area (Å²) in [5.74, 6) is 0.784. The van der Waals surface area contributed by atoms with Gasteiger partial charge in [0.15, 0.2) is 0 Å². The van der Waals surface area contributed by atoms with E-state index >= 15 is 0 Å². The Kier molecular flexibility index (Phi) is 4.74. The van der Waals surface area contributed by atoms with Crippen LogP contribution in [0.3, 0.4) is 0 Å². The van der Waals surface area contributed by atoms with Gasteiger partial charge in [-0.2, -0.15) is 0 Å². The molecular formula is C12H19ClN4O. The number of hydrogen-bond acceptors (Lipinski definition) is 5. The van der Waals surface area contributed by atoms with E-state index in [2.05, 4.69) is 27.1 Å². The predicted octanol–water partition coefficient (Wildman–Crippen LogP) is 1.57. The van der Waals surface area contributed by atoms with Crippen molar-refractivity contribution in [1.82, 2.24) is 14.9 Å². The van der Waals surface area contributed by atoms with Crippen molar-refractivity contribution in [2.75, 3.05) is 38.1 Å². The summed E-state index contributed by atoms with van der Waals surface area (Å²) in [6.45, 7) is 8.71. The van der Waals surface area contributed by atoms with Crippen LogP contribution < -0.4 is 5.32 Å². The number of nitrogens with zero attached hydrogens (tertiary/aromatic N) is 3. The fourth-order valence-corrected chi connectivity index (χ4v) is 2.13. The largest absolute Gasteiger partial charge is 0.374 e. The van der Waals surface area contributed by atoms with Crippen molar-refractivity contribution in [3.8, 4) is 0 Å².